The molecule has 0 saturated heterocycles. The van der Waals surface area contributed by atoms with Crippen LogP contribution in [0.4, 0.5) is 0 Å². The van der Waals surface area contributed by atoms with Gasteiger partial charge in [-0.25, -0.2) is 4.98 Å². The molecule has 2 aromatic heterocycles. The molecule has 1 unspecified atom stereocenters. The third-order valence-electron chi connectivity index (χ3n) is 3.16. The van der Waals surface area contributed by atoms with E-state index in [-0.39, 0.29) is 6.04 Å². The lowest BCUT2D eigenvalue weighted by Crippen LogP contribution is -2.13. The molecule has 0 amide bonds. The number of rotatable bonds is 4. The maximum absolute atomic E-state index is 6.24. The molecule has 1 aromatic carbocycles. The summed E-state index contributed by atoms with van der Waals surface area (Å²) in [4.78, 5) is 8.84. The van der Waals surface area contributed by atoms with Crippen molar-refractivity contribution in [1.29, 1.82) is 0 Å². The van der Waals surface area contributed by atoms with Gasteiger partial charge < -0.3 is 5.73 Å². The molecule has 3 aromatic rings. The van der Waals surface area contributed by atoms with Gasteiger partial charge in [0, 0.05) is 40.3 Å². The maximum atomic E-state index is 6.24. The summed E-state index contributed by atoms with van der Waals surface area (Å²) in [6.07, 6.45) is 4.33. The Morgan fingerprint density at radius 3 is 2.76 bits per heavy atom. The molecule has 0 fully saturated rings. The third kappa shape index (κ3) is 3.56. The number of aromatic nitrogens is 2. The van der Waals surface area contributed by atoms with Crippen molar-refractivity contribution < 1.29 is 0 Å². The van der Waals surface area contributed by atoms with Crippen LogP contribution in [0, 0.1) is 0 Å². The number of hydrogen-bond donors (Lipinski definition) is 1. The summed E-state index contributed by atoms with van der Waals surface area (Å²) in [5, 5.41) is 3.04. The van der Waals surface area contributed by atoms with Crippen LogP contribution in [0.5, 0.6) is 0 Å². The average Bonchev–Trinajstić information content (AvgIpc) is 2.97. The lowest BCUT2D eigenvalue weighted by atomic mass is 10.0. The lowest BCUT2D eigenvalue weighted by molar-refractivity contribution is 0.710. The van der Waals surface area contributed by atoms with E-state index in [0.717, 1.165) is 32.7 Å². The monoisotopic (exact) mass is 359 g/mol. The highest BCUT2D eigenvalue weighted by Crippen LogP contribution is 2.26. The van der Waals surface area contributed by atoms with Crippen molar-refractivity contribution >= 4 is 27.3 Å². The van der Waals surface area contributed by atoms with Gasteiger partial charge in [0.15, 0.2) is 0 Å². The molecule has 3 nitrogen and oxygen atoms in total. The summed E-state index contributed by atoms with van der Waals surface area (Å²) in [6.45, 7) is 0. The Morgan fingerprint density at radius 2 is 2.00 bits per heavy atom. The van der Waals surface area contributed by atoms with Crippen molar-refractivity contribution in [2.45, 2.75) is 12.5 Å². The number of benzene rings is 1. The Hall–Kier alpha value is -1.56. The molecule has 0 saturated carbocycles. The van der Waals surface area contributed by atoms with Crippen LogP contribution in [-0.4, -0.2) is 9.97 Å². The molecule has 0 radical (unpaired) electrons. The SMILES string of the molecule is NC(Cc1csc(-c2cncc(Br)c2)n1)c1ccccc1. The Labute approximate surface area is 136 Å². The zero-order valence-corrected chi connectivity index (χ0v) is 13.6. The van der Waals surface area contributed by atoms with Gasteiger partial charge in [-0.1, -0.05) is 30.3 Å². The van der Waals surface area contributed by atoms with E-state index in [2.05, 4.69) is 43.4 Å². The quantitative estimate of drug-likeness (QED) is 0.758. The standard InChI is InChI=1S/C16H14BrN3S/c17-13-6-12(8-19-9-13)16-20-14(10-21-16)7-15(18)11-4-2-1-3-5-11/h1-6,8-10,15H,7,18H2. The number of nitrogens with zero attached hydrogens (tertiary/aromatic N) is 2. The fourth-order valence-corrected chi connectivity index (χ4v) is 3.28. The fourth-order valence-electron chi connectivity index (χ4n) is 2.11. The second-order valence-corrected chi connectivity index (χ2v) is 6.53. The molecular formula is C16H14BrN3S. The normalized spacial score (nSPS) is 12.3. The highest BCUT2D eigenvalue weighted by atomic mass is 79.9. The van der Waals surface area contributed by atoms with Gasteiger partial charge in [0.2, 0.25) is 0 Å². The summed E-state index contributed by atoms with van der Waals surface area (Å²) in [6, 6.07) is 12.1. The molecule has 2 heterocycles. The van der Waals surface area contributed by atoms with E-state index < -0.39 is 0 Å². The van der Waals surface area contributed by atoms with Crippen molar-refractivity contribution in [3.63, 3.8) is 0 Å². The lowest BCUT2D eigenvalue weighted by Gasteiger charge is -2.09. The van der Waals surface area contributed by atoms with Gasteiger partial charge in [-0.15, -0.1) is 11.3 Å². The molecule has 0 aliphatic carbocycles. The van der Waals surface area contributed by atoms with E-state index in [9.17, 15) is 0 Å². The van der Waals surface area contributed by atoms with Gasteiger partial charge in [-0.05, 0) is 27.6 Å². The molecule has 0 spiro atoms. The van der Waals surface area contributed by atoms with Gasteiger partial charge in [0.1, 0.15) is 5.01 Å². The van der Waals surface area contributed by atoms with Crippen molar-refractivity contribution in [1.82, 2.24) is 9.97 Å². The van der Waals surface area contributed by atoms with E-state index >= 15 is 0 Å². The van der Waals surface area contributed by atoms with Crippen LogP contribution in [0.2, 0.25) is 0 Å². The van der Waals surface area contributed by atoms with E-state index in [0.29, 0.717) is 0 Å². The van der Waals surface area contributed by atoms with Gasteiger partial charge in [0.25, 0.3) is 0 Å². The van der Waals surface area contributed by atoms with Crippen LogP contribution in [0.25, 0.3) is 10.6 Å². The molecule has 21 heavy (non-hydrogen) atoms. The number of nitrogens with two attached hydrogens (primary N) is 1. The van der Waals surface area contributed by atoms with Crippen molar-refractivity contribution in [3.05, 3.63) is 69.9 Å². The van der Waals surface area contributed by atoms with E-state index in [4.69, 9.17) is 5.73 Å². The van der Waals surface area contributed by atoms with Crippen LogP contribution in [-0.2, 0) is 6.42 Å². The van der Waals surface area contributed by atoms with Crippen LogP contribution in [0.1, 0.15) is 17.3 Å². The molecule has 1 atom stereocenters. The summed E-state index contributed by atoms with van der Waals surface area (Å²) >= 11 is 5.05. The Kier molecular flexibility index (Phi) is 4.43. The third-order valence-corrected chi connectivity index (χ3v) is 4.53. The Morgan fingerprint density at radius 1 is 1.19 bits per heavy atom. The van der Waals surface area contributed by atoms with Gasteiger partial charge in [-0.2, -0.15) is 0 Å². The van der Waals surface area contributed by atoms with E-state index in [1.807, 2.05) is 30.5 Å². The predicted octanol–water partition coefficient (Wildman–Crippen LogP) is 4.21. The minimum Gasteiger partial charge on any atom is -0.324 e. The zero-order valence-electron chi connectivity index (χ0n) is 11.2. The van der Waals surface area contributed by atoms with E-state index in [1.54, 1.807) is 17.5 Å². The molecule has 106 valence electrons. The first-order valence-electron chi connectivity index (χ1n) is 6.58. The van der Waals surface area contributed by atoms with Crippen molar-refractivity contribution in [2.24, 2.45) is 5.73 Å². The first-order chi connectivity index (χ1) is 10.2. The summed E-state index contributed by atoms with van der Waals surface area (Å²) in [5.41, 5.74) is 9.42. The highest BCUT2D eigenvalue weighted by Gasteiger charge is 2.11. The largest absolute Gasteiger partial charge is 0.324 e. The van der Waals surface area contributed by atoms with Gasteiger partial charge in [0.05, 0.1) is 5.69 Å². The van der Waals surface area contributed by atoms with Gasteiger partial charge >= 0.3 is 0 Å². The van der Waals surface area contributed by atoms with Crippen molar-refractivity contribution in [2.75, 3.05) is 0 Å². The smallest absolute Gasteiger partial charge is 0.125 e. The number of pyridine rings is 1. The highest BCUT2D eigenvalue weighted by molar-refractivity contribution is 9.10. The van der Waals surface area contributed by atoms with Crippen LogP contribution in [0.15, 0.2) is 58.6 Å². The fraction of sp³-hybridized carbons (Fsp3) is 0.125. The van der Waals surface area contributed by atoms with Crippen molar-refractivity contribution in [3.8, 4) is 10.6 Å². The second-order valence-electron chi connectivity index (χ2n) is 4.76. The Balaban J connectivity index is 1.76. The summed E-state index contributed by atoms with van der Waals surface area (Å²) in [5.74, 6) is 0. The average molecular weight is 360 g/mol. The summed E-state index contributed by atoms with van der Waals surface area (Å²) in [7, 11) is 0. The van der Waals surface area contributed by atoms with Crippen LogP contribution in [0.3, 0.4) is 0 Å². The molecule has 2 N–H and O–H groups in total. The molecule has 5 heteroatoms. The molecule has 0 bridgehead atoms. The van der Waals surface area contributed by atoms with Crippen LogP contribution >= 0.6 is 27.3 Å². The van der Waals surface area contributed by atoms with Gasteiger partial charge in [-0.3, -0.25) is 4.98 Å². The van der Waals surface area contributed by atoms with Crippen LogP contribution < -0.4 is 5.73 Å². The molecule has 0 aliphatic rings. The maximum Gasteiger partial charge on any atom is 0.125 e. The van der Waals surface area contributed by atoms with E-state index in [1.165, 1.54) is 0 Å². The first kappa shape index (κ1) is 14.4. The predicted molar refractivity (Wildman–Crippen MR) is 90.1 cm³/mol. The molecule has 0 aliphatic heterocycles. The zero-order chi connectivity index (χ0) is 14.7. The minimum atomic E-state index is -0.0261. The summed E-state index contributed by atoms with van der Waals surface area (Å²) < 4.78 is 0.956. The number of thiazole rings is 1. The molecular weight excluding hydrogens is 346 g/mol. The Bertz CT molecular complexity index is 727. The molecule has 3 rings (SSSR count). The number of hydrogen-bond acceptors (Lipinski definition) is 4. The first-order valence-corrected chi connectivity index (χ1v) is 8.25. The minimum absolute atomic E-state index is 0.0261. The number of halogens is 1. The topological polar surface area (TPSA) is 51.8 Å². The second kappa shape index (κ2) is 6.47.